The van der Waals surface area contributed by atoms with Crippen molar-refractivity contribution in [3.8, 4) is 0 Å². The predicted molar refractivity (Wildman–Crippen MR) is 51.9 cm³/mol. The first-order chi connectivity index (χ1) is 5.52. The standard InChI is InChI=1S/C11H22O/c1-7(2)11-9(4)5-8(3)6-10(11)12/h7-12H,5-6H2,1-4H3/t8-,9?,10-,11-/m1/s1. The second kappa shape index (κ2) is 3.78. The molecule has 0 aromatic heterocycles. The largest absolute Gasteiger partial charge is 0.393 e. The van der Waals surface area contributed by atoms with E-state index in [0.29, 0.717) is 23.7 Å². The molecular formula is C11H22O. The zero-order chi connectivity index (χ0) is 9.30. The van der Waals surface area contributed by atoms with Gasteiger partial charge in [-0.1, -0.05) is 27.7 Å². The van der Waals surface area contributed by atoms with E-state index >= 15 is 0 Å². The number of hydrogen-bond acceptors (Lipinski definition) is 1. The molecule has 12 heavy (non-hydrogen) atoms. The van der Waals surface area contributed by atoms with E-state index in [4.69, 9.17) is 0 Å². The Labute approximate surface area is 76.2 Å². The summed E-state index contributed by atoms with van der Waals surface area (Å²) in [5, 5.41) is 9.88. The molecule has 0 aromatic carbocycles. The Morgan fingerprint density at radius 1 is 1.17 bits per heavy atom. The van der Waals surface area contributed by atoms with Crippen molar-refractivity contribution in [2.75, 3.05) is 0 Å². The molecule has 1 rings (SSSR count). The first-order valence-electron chi connectivity index (χ1n) is 5.20. The average molecular weight is 170 g/mol. The summed E-state index contributed by atoms with van der Waals surface area (Å²) >= 11 is 0. The molecule has 0 aliphatic heterocycles. The molecule has 0 spiro atoms. The Kier molecular flexibility index (Phi) is 3.16. The Bertz CT molecular complexity index is 130. The fourth-order valence-electron chi connectivity index (χ4n) is 2.94. The zero-order valence-electron chi connectivity index (χ0n) is 8.75. The summed E-state index contributed by atoms with van der Waals surface area (Å²) in [4.78, 5) is 0. The van der Waals surface area contributed by atoms with Gasteiger partial charge >= 0.3 is 0 Å². The van der Waals surface area contributed by atoms with E-state index in [2.05, 4.69) is 27.7 Å². The maximum atomic E-state index is 9.88. The summed E-state index contributed by atoms with van der Waals surface area (Å²) in [7, 11) is 0. The SMILES string of the molecule is CC(C)[C@@H]1C(C)C[C@@H](C)C[C@H]1O. The van der Waals surface area contributed by atoms with Crippen LogP contribution in [-0.4, -0.2) is 11.2 Å². The van der Waals surface area contributed by atoms with Gasteiger partial charge in [0.1, 0.15) is 0 Å². The molecule has 72 valence electrons. The molecule has 1 fully saturated rings. The Morgan fingerprint density at radius 2 is 1.75 bits per heavy atom. The lowest BCUT2D eigenvalue weighted by atomic mass is 9.69. The van der Waals surface area contributed by atoms with E-state index in [1.54, 1.807) is 0 Å². The third-order valence-electron chi connectivity index (χ3n) is 3.29. The fourth-order valence-corrected chi connectivity index (χ4v) is 2.94. The third-order valence-corrected chi connectivity index (χ3v) is 3.29. The highest BCUT2D eigenvalue weighted by atomic mass is 16.3. The molecule has 1 heteroatoms. The van der Waals surface area contributed by atoms with Crippen LogP contribution in [0.3, 0.4) is 0 Å². The van der Waals surface area contributed by atoms with E-state index in [1.807, 2.05) is 0 Å². The minimum Gasteiger partial charge on any atom is -0.393 e. The van der Waals surface area contributed by atoms with E-state index < -0.39 is 0 Å². The van der Waals surface area contributed by atoms with Gasteiger partial charge in [-0.2, -0.15) is 0 Å². The summed E-state index contributed by atoms with van der Waals surface area (Å²) in [6.07, 6.45) is 2.25. The van der Waals surface area contributed by atoms with Crippen molar-refractivity contribution in [2.24, 2.45) is 23.7 Å². The van der Waals surface area contributed by atoms with Gasteiger partial charge in [0.2, 0.25) is 0 Å². The van der Waals surface area contributed by atoms with Crippen LogP contribution in [0.4, 0.5) is 0 Å². The van der Waals surface area contributed by atoms with Crippen LogP contribution in [0, 0.1) is 23.7 Å². The summed E-state index contributed by atoms with van der Waals surface area (Å²) in [5.74, 6) is 2.57. The molecule has 1 N–H and O–H groups in total. The summed E-state index contributed by atoms with van der Waals surface area (Å²) in [5.41, 5.74) is 0. The van der Waals surface area contributed by atoms with E-state index in [1.165, 1.54) is 6.42 Å². The van der Waals surface area contributed by atoms with Crippen LogP contribution in [0.1, 0.15) is 40.5 Å². The quantitative estimate of drug-likeness (QED) is 0.641. The normalized spacial score (nSPS) is 43.5. The van der Waals surface area contributed by atoms with Gasteiger partial charge in [0.05, 0.1) is 6.10 Å². The maximum Gasteiger partial charge on any atom is 0.0575 e. The molecule has 4 atom stereocenters. The summed E-state index contributed by atoms with van der Waals surface area (Å²) < 4.78 is 0. The molecule has 0 amide bonds. The van der Waals surface area contributed by atoms with Gasteiger partial charge in [0, 0.05) is 0 Å². The zero-order valence-corrected chi connectivity index (χ0v) is 8.75. The molecule has 0 aromatic rings. The van der Waals surface area contributed by atoms with Crippen molar-refractivity contribution < 1.29 is 5.11 Å². The molecule has 0 bridgehead atoms. The van der Waals surface area contributed by atoms with Crippen LogP contribution in [-0.2, 0) is 0 Å². The highest BCUT2D eigenvalue weighted by Gasteiger charge is 2.34. The molecular weight excluding hydrogens is 148 g/mol. The van der Waals surface area contributed by atoms with Crippen molar-refractivity contribution in [1.82, 2.24) is 0 Å². The van der Waals surface area contributed by atoms with Gasteiger partial charge < -0.3 is 5.11 Å². The van der Waals surface area contributed by atoms with Crippen LogP contribution >= 0.6 is 0 Å². The van der Waals surface area contributed by atoms with Gasteiger partial charge in [-0.3, -0.25) is 0 Å². The third kappa shape index (κ3) is 2.01. The molecule has 1 saturated carbocycles. The molecule has 1 nitrogen and oxygen atoms in total. The lowest BCUT2D eigenvalue weighted by Crippen LogP contribution is -2.37. The van der Waals surface area contributed by atoms with E-state index in [-0.39, 0.29) is 6.10 Å². The number of rotatable bonds is 1. The molecule has 0 saturated heterocycles. The van der Waals surface area contributed by atoms with Crippen LogP contribution in [0.25, 0.3) is 0 Å². The lowest BCUT2D eigenvalue weighted by molar-refractivity contribution is -0.00662. The molecule has 0 heterocycles. The predicted octanol–water partition coefficient (Wildman–Crippen LogP) is 2.69. The van der Waals surface area contributed by atoms with E-state index in [9.17, 15) is 5.11 Å². The minimum atomic E-state index is -0.0521. The van der Waals surface area contributed by atoms with Gasteiger partial charge in [0.15, 0.2) is 0 Å². The van der Waals surface area contributed by atoms with Crippen LogP contribution in [0.5, 0.6) is 0 Å². The molecule has 0 radical (unpaired) electrons. The maximum absolute atomic E-state index is 9.88. The second-order valence-corrected chi connectivity index (χ2v) is 4.94. The van der Waals surface area contributed by atoms with Crippen molar-refractivity contribution in [3.05, 3.63) is 0 Å². The number of aliphatic hydroxyl groups excluding tert-OH is 1. The van der Waals surface area contributed by atoms with Gasteiger partial charge in [0.25, 0.3) is 0 Å². The smallest absolute Gasteiger partial charge is 0.0575 e. The topological polar surface area (TPSA) is 20.2 Å². The average Bonchev–Trinajstić information content (AvgIpc) is 1.82. The minimum absolute atomic E-state index is 0.0521. The highest BCUT2D eigenvalue weighted by molar-refractivity contribution is 4.84. The van der Waals surface area contributed by atoms with E-state index in [0.717, 1.165) is 6.42 Å². The monoisotopic (exact) mass is 170 g/mol. The van der Waals surface area contributed by atoms with Crippen molar-refractivity contribution in [2.45, 2.75) is 46.6 Å². The Hall–Kier alpha value is -0.0400. The second-order valence-electron chi connectivity index (χ2n) is 4.94. The first kappa shape index (κ1) is 10.0. The van der Waals surface area contributed by atoms with Crippen molar-refractivity contribution >= 4 is 0 Å². The van der Waals surface area contributed by atoms with Crippen molar-refractivity contribution in [3.63, 3.8) is 0 Å². The van der Waals surface area contributed by atoms with Crippen LogP contribution < -0.4 is 0 Å². The van der Waals surface area contributed by atoms with Gasteiger partial charge in [-0.15, -0.1) is 0 Å². The first-order valence-corrected chi connectivity index (χ1v) is 5.20. The van der Waals surface area contributed by atoms with Gasteiger partial charge in [-0.05, 0) is 36.5 Å². The number of aliphatic hydroxyl groups is 1. The fraction of sp³-hybridized carbons (Fsp3) is 1.00. The highest BCUT2D eigenvalue weighted by Crippen LogP contribution is 2.37. The Balaban J connectivity index is 2.60. The van der Waals surface area contributed by atoms with Crippen LogP contribution in [0.2, 0.25) is 0 Å². The molecule has 1 aliphatic carbocycles. The molecule has 1 unspecified atom stereocenters. The molecule has 1 aliphatic rings. The lowest BCUT2D eigenvalue weighted by Gasteiger charge is -2.39. The summed E-state index contributed by atoms with van der Waals surface area (Å²) in [6, 6.07) is 0. The number of hydrogen-bond donors (Lipinski definition) is 1. The Morgan fingerprint density at radius 3 is 2.17 bits per heavy atom. The van der Waals surface area contributed by atoms with Crippen LogP contribution in [0.15, 0.2) is 0 Å². The van der Waals surface area contributed by atoms with Gasteiger partial charge in [-0.25, -0.2) is 0 Å². The van der Waals surface area contributed by atoms with Crippen molar-refractivity contribution in [1.29, 1.82) is 0 Å². The summed E-state index contributed by atoms with van der Waals surface area (Å²) in [6.45, 7) is 8.97.